The lowest BCUT2D eigenvalue weighted by molar-refractivity contribution is 0.0953. The lowest BCUT2D eigenvalue weighted by Gasteiger charge is -2.07. The van der Waals surface area contributed by atoms with E-state index in [0.29, 0.717) is 29.4 Å². The summed E-state index contributed by atoms with van der Waals surface area (Å²) in [4.78, 5) is 12.7. The van der Waals surface area contributed by atoms with Crippen LogP contribution in [0.5, 0.6) is 0 Å². The summed E-state index contributed by atoms with van der Waals surface area (Å²) < 4.78 is 3.39. The largest absolute Gasteiger partial charge is 0.352 e. The molecular weight excluding hydrogens is 386 g/mol. The molecule has 4 aromatic rings. The van der Waals surface area contributed by atoms with Crippen LogP contribution in [0.1, 0.15) is 21.6 Å². The summed E-state index contributed by atoms with van der Waals surface area (Å²) in [5, 5.41) is 11.9. The van der Waals surface area contributed by atoms with Crippen molar-refractivity contribution in [1.29, 1.82) is 0 Å². The van der Waals surface area contributed by atoms with E-state index in [1.54, 1.807) is 22.5 Å². The Bertz CT molecular complexity index is 1100. The minimum Gasteiger partial charge on any atom is -0.352 e. The van der Waals surface area contributed by atoms with Crippen molar-refractivity contribution in [3.63, 3.8) is 0 Å². The van der Waals surface area contributed by atoms with Gasteiger partial charge in [0.1, 0.15) is 5.15 Å². The quantitative estimate of drug-likeness (QED) is 0.527. The number of hydrogen-bond donors (Lipinski definition) is 1. The van der Waals surface area contributed by atoms with Gasteiger partial charge in [-0.05, 0) is 49.2 Å². The van der Waals surface area contributed by atoms with E-state index < -0.39 is 0 Å². The maximum atomic E-state index is 12.7. The lowest BCUT2D eigenvalue weighted by Crippen LogP contribution is -2.26. The van der Waals surface area contributed by atoms with E-state index in [1.807, 2.05) is 66.9 Å². The molecule has 29 heavy (non-hydrogen) atoms. The summed E-state index contributed by atoms with van der Waals surface area (Å²) in [5.41, 5.74) is 3.95. The second-order valence-electron chi connectivity index (χ2n) is 6.62. The van der Waals surface area contributed by atoms with Crippen molar-refractivity contribution < 1.29 is 4.79 Å². The Kier molecular flexibility index (Phi) is 5.44. The van der Waals surface area contributed by atoms with Crippen molar-refractivity contribution in [2.45, 2.75) is 13.3 Å². The Hall–Kier alpha value is -3.38. The van der Waals surface area contributed by atoms with E-state index in [1.165, 1.54) is 0 Å². The second-order valence-corrected chi connectivity index (χ2v) is 6.98. The molecule has 0 saturated carbocycles. The molecule has 0 aliphatic carbocycles. The predicted octanol–water partition coefficient (Wildman–Crippen LogP) is 3.99. The van der Waals surface area contributed by atoms with Gasteiger partial charge in [-0.2, -0.15) is 10.2 Å². The molecule has 2 aromatic carbocycles. The zero-order valence-electron chi connectivity index (χ0n) is 15.9. The standard InChI is InChI=1S/C22H20ClN5O/c1-16-20(21(23)28(26-16)19-6-3-2-4-7-19)22(29)24-14-12-17-8-10-18(11-9-17)27-15-5-13-25-27/h2-11,13,15H,12,14H2,1H3,(H,24,29). The molecule has 0 atom stereocenters. The Morgan fingerprint density at radius 1 is 1.03 bits per heavy atom. The highest BCUT2D eigenvalue weighted by atomic mass is 35.5. The summed E-state index contributed by atoms with van der Waals surface area (Å²) in [7, 11) is 0. The van der Waals surface area contributed by atoms with Gasteiger partial charge in [-0.25, -0.2) is 9.36 Å². The van der Waals surface area contributed by atoms with E-state index in [-0.39, 0.29) is 5.91 Å². The van der Waals surface area contributed by atoms with Crippen molar-refractivity contribution >= 4 is 17.5 Å². The Labute approximate surface area is 173 Å². The Balaban J connectivity index is 1.40. The van der Waals surface area contributed by atoms with Gasteiger partial charge in [-0.15, -0.1) is 0 Å². The number of aromatic nitrogens is 4. The molecule has 1 amide bonds. The number of amides is 1. The van der Waals surface area contributed by atoms with Crippen LogP contribution in [-0.4, -0.2) is 32.0 Å². The molecule has 2 aromatic heterocycles. The van der Waals surface area contributed by atoms with E-state index in [2.05, 4.69) is 15.5 Å². The van der Waals surface area contributed by atoms with Gasteiger partial charge in [0.15, 0.2) is 0 Å². The molecule has 1 N–H and O–H groups in total. The molecule has 0 unspecified atom stereocenters. The van der Waals surface area contributed by atoms with Gasteiger partial charge in [0.2, 0.25) is 0 Å². The molecule has 146 valence electrons. The van der Waals surface area contributed by atoms with Gasteiger partial charge in [0, 0.05) is 18.9 Å². The SMILES string of the molecule is Cc1nn(-c2ccccc2)c(Cl)c1C(=O)NCCc1ccc(-n2cccn2)cc1. The summed E-state index contributed by atoms with van der Waals surface area (Å²) >= 11 is 6.45. The highest BCUT2D eigenvalue weighted by molar-refractivity contribution is 6.33. The molecular formula is C22H20ClN5O. The number of hydrogen-bond acceptors (Lipinski definition) is 3. The fraction of sp³-hybridized carbons (Fsp3) is 0.136. The summed E-state index contributed by atoms with van der Waals surface area (Å²) in [5.74, 6) is -0.220. The summed E-state index contributed by atoms with van der Waals surface area (Å²) in [6.45, 7) is 2.29. The first-order valence-electron chi connectivity index (χ1n) is 9.31. The average molecular weight is 406 g/mol. The molecule has 7 heteroatoms. The predicted molar refractivity (Wildman–Crippen MR) is 113 cm³/mol. The van der Waals surface area contributed by atoms with Crippen molar-refractivity contribution in [2.75, 3.05) is 6.54 Å². The highest BCUT2D eigenvalue weighted by Gasteiger charge is 2.20. The highest BCUT2D eigenvalue weighted by Crippen LogP contribution is 2.23. The zero-order valence-corrected chi connectivity index (χ0v) is 16.7. The van der Waals surface area contributed by atoms with Crippen molar-refractivity contribution in [1.82, 2.24) is 24.9 Å². The topological polar surface area (TPSA) is 64.7 Å². The maximum absolute atomic E-state index is 12.7. The zero-order chi connectivity index (χ0) is 20.2. The minimum atomic E-state index is -0.220. The Morgan fingerprint density at radius 3 is 2.48 bits per heavy atom. The molecule has 0 fully saturated rings. The fourth-order valence-corrected chi connectivity index (χ4v) is 3.50. The van der Waals surface area contributed by atoms with Crippen LogP contribution in [0.25, 0.3) is 11.4 Å². The van der Waals surface area contributed by atoms with Crippen molar-refractivity contribution in [3.8, 4) is 11.4 Å². The van der Waals surface area contributed by atoms with Gasteiger partial charge in [-0.1, -0.05) is 41.9 Å². The van der Waals surface area contributed by atoms with Crippen molar-refractivity contribution in [2.24, 2.45) is 0 Å². The van der Waals surface area contributed by atoms with Crippen LogP contribution < -0.4 is 5.32 Å². The number of nitrogens with one attached hydrogen (secondary N) is 1. The third kappa shape index (κ3) is 4.07. The fourth-order valence-electron chi connectivity index (χ4n) is 3.14. The number of carbonyl (C=O) groups excluding carboxylic acids is 1. The molecule has 0 aliphatic rings. The number of benzene rings is 2. The number of rotatable bonds is 6. The number of para-hydroxylation sites is 1. The van der Waals surface area contributed by atoms with Crippen LogP contribution in [-0.2, 0) is 6.42 Å². The van der Waals surface area contributed by atoms with Gasteiger partial charge in [0.25, 0.3) is 5.91 Å². The monoisotopic (exact) mass is 405 g/mol. The second kappa shape index (κ2) is 8.32. The number of halogens is 1. The molecule has 0 saturated heterocycles. The smallest absolute Gasteiger partial charge is 0.256 e. The third-order valence-corrected chi connectivity index (χ3v) is 4.99. The van der Waals surface area contributed by atoms with E-state index >= 15 is 0 Å². The molecule has 0 spiro atoms. The molecule has 2 heterocycles. The molecule has 0 radical (unpaired) electrons. The first-order chi connectivity index (χ1) is 14.1. The number of aryl methyl sites for hydroxylation is 1. The first kappa shape index (κ1) is 19.0. The number of carbonyl (C=O) groups is 1. The van der Waals surface area contributed by atoms with E-state index in [9.17, 15) is 4.79 Å². The van der Waals surface area contributed by atoms with Crippen LogP contribution >= 0.6 is 11.6 Å². The van der Waals surface area contributed by atoms with Crippen LogP contribution in [0.4, 0.5) is 0 Å². The van der Waals surface area contributed by atoms with Crippen molar-refractivity contribution in [3.05, 3.63) is 95.0 Å². The lowest BCUT2D eigenvalue weighted by atomic mass is 10.1. The summed E-state index contributed by atoms with van der Waals surface area (Å²) in [6.07, 6.45) is 4.36. The van der Waals surface area contributed by atoms with Gasteiger partial charge < -0.3 is 5.32 Å². The maximum Gasteiger partial charge on any atom is 0.256 e. The molecule has 0 bridgehead atoms. The van der Waals surface area contributed by atoms with E-state index in [0.717, 1.165) is 16.9 Å². The molecule has 4 rings (SSSR count). The van der Waals surface area contributed by atoms with Gasteiger partial charge in [-0.3, -0.25) is 4.79 Å². The minimum absolute atomic E-state index is 0.220. The van der Waals surface area contributed by atoms with E-state index in [4.69, 9.17) is 11.6 Å². The Morgan fingerprint density at radius 2 is 1.79 bits per heavy atom. The van der Waals surface area contributed by atoms with Gasteiger partial charge >= 0.3 is 0 Å². The first-order valence-corrected chi connectivity index (χ1v) is 9.69. The average Bonchev–Trinajstić information content (AvgIpc) is 3.37. The molecule has 6 nitrogen and oxygen atoms in total. The molecule has 0 aliphatic heterocycles. The van der Waals surface area contributed by atoms with Crippen LogP contribution in [0, 0.1) is 6.92 Å². The summed E-state index contributed by atoms with van der Waals surface area (Å²) in [6, 6.07) is 19.5. The van der Waals surface area contributed by atoms with Crippen LogP contribution in [0.3, 0.4) is 0 Å². The third-order valence-electron chi connectivity index (χ3n) is 4.64. The van der Waals surface area contributed by atoms with Gasteiger partial charge in [0.05, 0.1) is 22.6 Å². The van der Waals surface area contributed by atoms with Crippen LogP contribution in [0.15, 0.2) is 73.1 Å². The normalized spacial score (nSPS) is 10.8. The van der Waals surface area contributed by atoms with Crippen LogP contribution in [0.2, 0.25) is 5.15 Å². The number of nitrogens with zero attached hydrogens (tertiary/aromatic N) is 4.